The fourth-order valence-corrected chi connectivity index (χ4v) is 2.63. The van der Waals surface area contributed by atoms with Crippen molar-refractivity contribution in [1.82, 2.24) is 0 Å². The average Bonchev–Trinajstić information content (AvgIpc) is 2.48. The van der Waals surface area contributed by atoms with E-state index in [4.69, 9.17) is 0 Å². The fourth-order valence-electron chi connectivity index (χ4n) is 2.63. The zero-order chi connectivity index (χ0) is 10.6. The van der Waals surface area contributed by atoms with Crippen molar-refractivity contribution in [3.05, 3.63) is 0 Å². The highest BCUT2D eigenvalue weighted by Gasteiger charge is 2.36. The number of nitrogens with zero attached hydrogens (tertiary/aromatic N) is 1. The third-order valence-corrected chi connectivity index (χ3v) is 3.53. The van der Waals surface area contributed by atoms with Crippen LogP contribution in [0.15, 0.2) is 0 Å². The predicted octanol–water partition coefficient (Wildman–Crippen LogP) is 4.14. The van der Waals surface area contributed by atoms with E-state index >= 15 is 0 Å². The zero-order valence-corrected chi connectivity index (χ0v) is 9.84. The van der Waals surface area contributed by atoms with Crippen molar-refractivity contribution in [2.75, 3.05) is 0 Å². The Morgan fingerprint density at radius 3 is 2.64 bits per heavy atom. The normalized spacial score (nSPS) is 32.1. The first-order valence-corrected chi connectivity index (χ1v) is 5.99. The van der Waals surface area contributed by atoms with Gasteiger partial charge in [-0.15, -0.1) is 0 Å². The highest BCUT2D eigenvalue weighted by molar-refractivity contribution is 5.03. The van der Waals surface area contributed by atoms with Crippen LogP contribution in [-0.4, -0.2) is 0 Å². The molecule has 0 N–H and O–H groups in total. The number of rotatable bonds is 4. The van der Waals surface area contributed by atoms with Gasteiger partial charge in [0, 0.05) is 0 Å². The summed E-state index contributed by atoms with van der Waals surface area (Å²) in [5, 5.41) is 9.25. The summed E-state index contributed by atoms with van der Waals surface area (Å²) < 4.78 is 0. The molecule has 0 heterocycles. The summed E-state index contributed by atoms with van der Waals surface area (Å²) in [5.74, 6) is 1.55. The van der Waals surface area contributed by atoms with Gasteiger partial charge >= 0.3 is 0 Å². The van der Waals surface area contributed by atoms with Gasteiger partial charge < -0.3 is 0 Å². The minimum atomic E-state index is 0.0499. The van der Waals surface area contributed by atoms with Crippen LogP contribution in [0.5, 0.6) is 0 Å². The van der Waals surface area contributed by atoms with Gasteiger partial charge in [0.2, 0.25) is 0 Å². The van der Waals surface area contributed by atoms with Crippen molar-refractivity contribution in [3.8, 4) is 6.07 Å². The molecule has 0 aromatic rings. The van der Waals surface area contributed by atoms with Crippen molar-refractivity contribution in [2.45, 2.75) is 59.3 Å². The molecule has 0 spiro atoms. The molecule has 0 bridgehead atoms. The first-order chi connectivity index (χ1) is 6.58. The minimum absolute atomic E-state index is 0.0499. The molecule has 0 aromatic carbocycles. The third kappa shape index (κ3) is 3.01. The molecule has 0 saturated heterocycles. The summed E-state index contributed by atoms with van der Waals surface area (Å²) in [6.07, 6.45) is 7.18. The molecule has 1 aliphatic rings. The third-order valence-electron chi connectivity index (χ3n) is 3.53. The van der Waals surface area contributed by atoms with E-state index in [-0.39, 0.29) is 5.41 Å². The van der Waals surface area contributed by atoms with Gasteiger partial charge in [0.15, 0.2) is 0 Å². The summed E-state index contributed by atoms with van der Waals surface area (Å²) >= 11 is 0. The number of hydrogen-bond acceptors (Lipinski definition) is 1. The molecule has 0 aliphatic heterocycles. The number of nitriles is 1. The molecule has 0 aromatic heterocycles. The Hall–Kier alpha value is -0.510. The summed E-state index contributed by atoms with van der Waals surface area (Å²) in [6, 6.07) is 2.58. The van der Waals surface area contributed by atoms with E-state index in [1.165, 1.54) is 19.3 Å². The van der Waals surface area contributed by atoms with Gasteiger partial charge in [-0.25, -0.2) is 0 Å². The molecule has 2 unspecified atom stereocenters. The van der Waals surface area contributed by atoms with Crippen LogP contribution in [0.3, 0.4) is 0 Å². The summed E-state index contributed by atoms with van der Waals surface area (Å²) in [7, 11) is 0. The molecule has 1 fully saturated rings. The van der Waals surface area contributed by atoms with E-state index in [1.807, 2.05) is 0 Å². The van der Waals surface area contributed by atoms with Crippen molar-refractivity contribution in [1.29, 1.82) is 5.26 Å². The first kappa shape index (κ1) is 11.6. The lowest BCUT2D eigenvalue weighted by Gasteiger charge is -2.20. The second-order valence-electron chi connectivity index (χ2n) is 5.53. The average molecular weight is 193 g/mol. The Kier molecular flexibility index (Phi) is 3.98. The van der Waals surface area contributed by atoms with Crippen molar-refractivity contribution < 1.29 is 0 Å². The standard InChI is InChI=1S/C13H23N/c1-11(2)5-4-7-13(10-14)8-6-12(3)9-13/h11-12H,4-9H2,1-3H3. The predicted molar refractivity (Wildman–Crippen MR) is 59.8 cm³/mol. The second-order valence-corrected chi connectivity index (χ2v) is 5.53. The molecule has 2 atom stereocenters. The van der Waals surface area contributed by atoms with Crippen LogP contribution < -0.4 is 0 Å². The van der Waals surface area contributed by atoms with E-state index in [2.05, 4.69) is 26.8 Å². The molecule has 1 heteroatoms. The smallest absolute Gasteiger partial charge is 0.0689 e. The van der Waals surface area contributed by atoms with Crippen LogP contribution in [0.25, 0.3) is 0 Å². The Bertz CT molecular complexity index is 214. The van der Waals surface area contributed by atoms with Crippen LogP contribution in [0, 0.1) is 28.6 Å². The maximum Gasteiger partial charge on any atom is 0.0689 e. The van der Waals surface area contributed by atoms with E-state index in [0.717, 1.165) is 31.1 Å². The zero-order valence-electron chi connectivity index (χ0n) is 9.84. The van der Waals surface area contributed by atoms with Gasteiger partial charge in [-0.05, 0) is 37.5 Å². The molecule has 1 saturated carbocycles. The molecule has 0 amide bonds. The largest absolute Gasteiger partial charge is 0.198 e. The maximum absolute atomic E-state index is 9.25. The van der Waals surface area contributed by atoms with Crippen LogP contribution >= 0.6 is 0 Å². The summed E-state index contributed by atoms with van der Waals surface area (Å²) in [6.45, 7) is 6.80. The highest BCUT2D eigenvalue weighted by Crippen LogP contribution is 2.44. The van der Waals surface area contributed by atoms with E-state index < -0.39 is 0 Å². The summed E-state index contributed by atoms with van der Waals surface area (Å²) in [4.78, 5) is 0. The lowest BCUT2D eigenvalue weighted by atomic mass is 9.81. The Balaban J connectivity index is 2.36. The van der Waals surface area contributed by atoms with Crippen molar-refractivity contribution >= 4 is 0 Å². The van der Waals surface area contributed by atoms with Gasteiger partial charge in [0.25, 0.3) is 0 Å². The van der Waals surface area contributed by atoms with Gasteiger partial charge in [-0.3, -0.25) is 0 Å². The van der Waals surface area contributed by atoms with Crippen LogP contribution in [0.1, 0.15) is 59.3 Å². The minimum Gasteiger partial charge on any atom is -0.198 e. The van der Waals surface area contributed by atoms with Crippen LogP contribution in [0.4, 0.5) is 0 Å². The van der Waals surface area contributed by atoms with E-state index in [0.29, 0.717) is 0 Å². The number of hydrogen-bond donors (Lipinski definition) is 0. The van der Waals surface area contributed by atoms with Gasteiger partial charge in [0.1, 0.15) is 0 Å². The van der Waals surface area contributed by atoms with Crippen molar-refractivity contribution in [3.63, 3.8) is 0 Å². The molecule has 1 aliphatic carbocycles. The van der Waals surface area contributed by atoms with E-state index in [1.54, 1.807) is 0 Å². The molecule has 0 radical (unpaired) electrons. The maximum atomic E-state index is 9.25. The van der Waals surface area contributed by atoms with Crippen LogP contribution in [0.2, 0.25) is 0 Å². The monoisotopic (exact) mass is 193 g/mol. The quantitative estimate of drug-likeness (QED) is 0.658. The lowest BCUT2D eigenvalue weighted by molar-refractivity contribution is 0.337. The fraction of sp³-hybridized carbons (Fsp3) is 0.923. The highest BCUT2D eigenvalue weighted by atomic mass is 14.4. The second kappa shape index (κ2) is 4.82. The van der Waals surface area contributed by atoms with E-state index in [9.17, 15) is 5.26 Å². The topological polar surface area (TPSA) is 23.8 Å². The Labute approximate surface area is 88.5 Å². The first-order valence-electron chi connectivity index (χ1n) is 5.99. The molecule has 1 rings (SSSR count). The lowest BCUT2D eigenvalue weighted by Crippen LogP contribution is -2.14. The summed E-state index contributed by atoms with van der Waals surface area (Å²) in [5.41, 5.74) is 0.0499. The SMILES string of the molecule is CC(C)CCCC1(C#N)CCC(C)C1. The molecule has 1 nitrogen and oxygen atoms in total. The van der Waals surface area contributed by atoms with Crippen molar-refractivity contribution in [2.24, 2.45) is 17.3 Å². The van der Waals surface area contributed by atoms with Crippen LogP contribution in [-0.2, 0) is 0 Å². The molecular weight excluding hydrogens is 170 g/mol. The molecule has 14 heavy (non-hydrogen) atoms. The van der Waals surface area contributed by atoms with Gasteiger partial charge in [-0.2, -0.15) is 5.26 Å². The Morgan fingerprint density at radius 2 is 2.21 bits per heavy atom. The molecule has 80 valence electrons. The van der Waals surface area contributed by atoms with Gasteiger partial charge in [-0.1, -0.05) is 33.6 Å². The Morgan fingerprint density at radius 1 is 1.50 bits per heavy atom. The molecular formula is C13H23N. The van der Waals surface area contributed by atoms with Gasteiger partial charge in [0.05, 0.1) is 11.5 Å².